The maximum absolute atomic E-state index is 12.8. The Labute approximate surface area is 167 Å². The van der Waals surface area contributed by atoms with Gasteiger partial charge in [0.2, 0.25) is 5.91 Å². The minimum Gasteiger partial charge on any atom is -0.464 e. The van der Waals surface area contributed by atoms with Gasteiger partial charge in [-0.25, -0.2) is 9.59 Å². The smallest absolute Gasteiger partial charge is 0.338 e. The van der Waals surface area contributed by atoms with Crippen LogP contribution >= 0.6 is 0 Å². The molecule has 2 aromatic carbocycles. The van der Waals surface area contributed by atoms with Gasteiger partial charge in [-0.2, -0.15) is 0 Å². The second-order valence-corrected chi connectivity index (χ2v) is 7.21. The number of carbonyl (C=O) groups excluding carboxylic acids is 2. The van der Waals surface area contributed by atoms with E-state index in [4.69, 9.17) is 9.15 Å². The number of nitrogens with zero attached hydrogens (tertiary/aromatic N) is 1. The number of para-hydroxylation sites is 1. The molecule has 0 N–H and O–H groups in total. The van der Waals surface area contributed by atoms with Gasteiger partial charge >= 0.3 is 11.6 Å². The standard InChI is InChI=1S/C23H21NO5/c1-15(16-7-3-2-4-8-16)14-28-23(27)18-11-12-21(25)24(18)19-13-22(26)29-20-10-6-5-9-17(19)20/h2-10,13,15,18H,11-12,14H2,1H3/t15-,18-/m0/s1. The quantitative estimate of drug-likeness (QED) is 0.490. The molecule has 3 aromatic rings. The van der Waals surface area contributed by atoms with Gasteiger partial charge < -0.3 is 9.15 Å². The van der Waals surface area contributed by atoms with E-state index < -0.39 is 17.6 Å². The van der Waals surface area contributed by atoms with E-state index in [-0.39, 0.29) is 24.9 Å². The van der Waals surface area contributed by atoms with Crippen molar-refractivity contribution in [1.29, 1.82) is 0 Å². The van der Waals surface area contributed by atoms with Crippen LogP contribution in [0.3, 0.4) is 0 Å². The Kier molecular flexibility index (Phi) is 5.16. The number of carbonyl (C=O) groups is 2. The maximum Gasteiger partial charge on any atom is 0.338 e. The number of hydrogen-bond acceptors (Lipinski definition) is 5. The van der Waals surface area contributed by atoms with Crippen molar-refractivity contribution in [2.24, 2.45) is 0 Å². The fourth-order valence-corrected chi connectivity index (χ4v) is 3.68. The number of benzene rings is 2. The summed E-state index contributed by atoms with van der Waals surface area (Å²) in [6.45, 7) is 2.20. The van der Waals surface area contributed by atoms with Crippen LogP contribution in [0.25, 0.3) is 11.0 Å². The van der Waals surface area contributed by atoms with Crippen LogP contribution in [0.15, 0.2) is 69.9 Å². The zero-order valence-corrected chi connectivity index (χ0v) is 16.0. The van der Waals surface area contributed by atoms with Crippen molar-refractivity contribution in [3.05, 3.63) is 76.6 Å². The average Bonchev–Trinajstić information content (AvgIpc) is 3.13. The van der Waals surface area contributed by atoms with Crippen molar-refractivity contribution in [2.45, 2.75) is 31.7 Å². The minimum atomic E-state index is -0.754. The third kappa shape index (κ3) is 3.78. The predicted octanol–water partition coefficient (Wildman–Crippen LogP) is 3.64. The fraction of sp³-hybridized carbons (Fsp3) is 0.261. The van der Waals surface area contributed by atoms with Gasteiger partial charge in [0.25, 0.3) is 0 Å². The molecule has 0 radical (unpaired) electrons. The maximum atomic E-state index is 12.8. The zero-order valence-electron chi connectivity index (χ0n) is 16.0. The van der Waals surface area contributed by atoms with Gasteiger partial charge in [-0.05, 0) is 24.1 Å². The number of ether oxygens (including phenoxy) is 1. The first-order valence-corrected chi connectivity index (χ1v) is 9.61. The molecular formula is C23H21NO5. The van der Waals surface area contributed by atoms with Crippen LogP contribution in [0.1, 0.15) is 31.2 Å². The van der Waals surface area contributed by atoms with Crippen LogP contribution in [0, 0.1) is 0 Å². The molecule has 1 aliphatic rings. The van der Waals surface area contributed by atoms with E-state index in [2.05, 4.69) is 0 Å². The van der Waals surface area contributed by atoms with Crippen molar-refractivity contribution < 1.29 is 18.7 Å². The first-order chi connectivity index (χ1) is 14.0. The molecular weight excluding hydrogens is 370 g/mol. The molecule has 6 nitrogen and oxygen atoms in total. The lowest BCUT2D eigenvalue weighted by Crippen LogP contribution is -2.40. The van der Waals surface area contributed by atoms with Crippen LogP contribution < -0.4 is 10.5 Å². The number of fused-ring (bicyclic) bond motifs is 1. The molecule has 1 aromatic heterocycles. The van der Waals surface area contributed by atoms with Gasteiger partial charge in [0, 0.05) is 23.8 Å². The predicted molar refractivity (Wildman–Crippen MR) is 109 cm³/mol. The number of amides is 1. The van der Waals surface area contributed by atoms with E-state index in [9.17, 15) is 14.4 Å². The second kappa shape index (κ2) is 7.91. The molecule has 0 bridgehead atoms. The van der Waals surface area contributed by atoms with E-state index >= 15 is 0 Å². The topological polar surface area (TPSA) is 76.8 Å². The summed E-state index contributed by atoms with van der Waals surface area (Å²) >= 11 is 0. The lowest BCUT2D eigenvalue weighted by molar-refractivity contribution is -0.145. The minimum absolute atomic E-state index is 0.0373. The Morgan fingerprint density at radius 1 is 1.14 bits per heavy atom. The molecule has 1 aliphatic heterocycles. The van der Waals surface area contributed by atoms with Crippen molar-refractivity contribution >= 4 is 28.5 Å². The zero-order chi connectivity index (χ0) is 20.4. The fourth-order valence-electron chi connectivity index (χ4n) is 3.68. The highest BCUT2D eigenvalue weighted by Crippen LogP contribution is 2.32. The molecule has 1 saturated heterocycles. The lowest BCUT2D eigenvalue weighted by atomic mass is 10.0. The van der Waals surface area contributed by atoms with Gasteiger partial charge in [0.05, 0.1) is 12.3 Å². The van der Waals surface area contributed by atoms with E-state index in [0.717, 1.165) is 5.56 Å². The SMILES string of the molecule is C[C@@H](COC(=O)[C@@H]1CCC(=O)N1c1cc(=O)oc2ccccc12)c1ccccc1. The van der Waals surface area contributed by atoms with Crippen molar-refractivity contribution in [3.8, 4) is 0 Å². The summed E-state index contributed by atoms with van der Waals surface area (Å²) in [5.41, 5.74) is 1.27. The van der Waals surface area contributed by atoms with Crippen LogP contribution in [0.2, 0.25) is 0 Å². The van der Waals surface area contributed by atoms with E-state index in [1.807, 2.05) is 37.3 Å². The van der Waals surface area contributed by atoms with E-state index in [0.29, 0.717) is 23.1 Å². The summed E-state index contributed by atoms with van der Waals surface area (Å²) in [6, 6.07) is 17.3. The first-order valence-electron chi connectivity index (χ1n) is 9.61. The van der Waals surface area contributed by atoms with Gasteiger partial charge in [-0.15, -0.1) is 0 Å². The van der Waals surface area contributed by atoms with Crippen LogP contribution in [0.4, 0.5) is 5.69 Å². The van der Waals surface area contributed by atoms with Crippen LogP contribution in [-0.4, -0.2) is 24.5 Å². The van der Waals surface area contributed by atoms with E-state index in [1.54, 1.807) is 24.3 Å². The van der Waals surface area contributed by atoms with Crippen molar-refractivity contribution in [1.82, 2.24) is 0 Å². The summed E-state index contributed by atoms with van der Waals surface area (Å²) in [6.07, 6.45) is 0.578. The van der Waals surface area contributed by atoms with Crippen LogP contribution in [0.5, 0.6) is 0 Å². The summed E-state index contributed by atoms with van der Waals surface area (Å²) in [4.78, 5) is 38.8. The Hall–Kier alpha value is -3.41. The molecule has 29 heavy (non-hydrogen) atoms. The largest absolute Gasteiger partial charge is 0.464 e. The van der Waals surface area contributed by atoms with Gasteiger partial charge in [0.1, 0.15) is 11.6 Å². The molecule has 2 atom stereocenters. The summed E-state index contributed by atoms with van der Waals surface area (Å²) in [5, 5.41) is 0.609. The number of rotatable bonds is 5. The van der Waals surface area contributed by atoms with E-state index in [1.165, 1.54) is 11.0 Å². The second-order valence-electron chi connectivity index (χ2n) is 7.21. The molecule has 4 rings (SSSR count). The Balaban J connectivity index is 1.57. The summed E-state index contributed by atoms with van der Waals surface area (Å²) < 4.78 is 10.8. The van der Waals surface area contributed by atoms with Gasteiger partial charge in [-0.1, -0.05) is 49.4 Å². The third-order valence-corrected chi connectivity index (χ3v) is 5.22. The number of anilines is 1. The van der Waals surface area contributed by atoms with Crippen molar-refractivity contribution in [3.63, 3.8) is 0 Å². The lowest BCUT2D eigenvalue weighted by Gasteiger charge is -2.25. The molecule has 0 spiro atoms. The molecule has 0 unspecified atom stereocenters. The molecule has 2 heterocycles. The summed E-state index contributed by atoms with van der Waals surface area (Å²) in [5.74, 6) is -0.634. The van der Waals surface area contributed by atoms with Gasteiger partial charge in [-0.3, -0.25) is 9.69 Å². The first kappa shape index (κ1) is 18.9. The number of esters is 1. The Morgan fingerprint density at radius 2 is 1.86 bits per heavy atom. The highest BCUT2D eigenvalue weighted by atomic mass is 16.5. The molecule has 6 heteroatoms. The van der Waals surface area contributed by atoms with Crippen molar-refractivity contribution in [2.75, 3.05) is 11.5 Å². The molecule has 1 amide bonds. The summed E-state index contributed by atoms with van der Waals surface area (Å²) in [7, 11) is 0. The molecule has 148 valence electrons. The normalized spacial score (nSPS) is 17.5. The van der Waals surface area contributed by atoms with Gasteiger partial charge in [0.15, 0.2) is 0 Å². The Morgan fingerprint density at radius 3 is 2.66 bits per heavy atom. The molecule has 0 saturated carbocycles. The third-order valence-electron chi connectivity index (χ3n) is 5.22. The highest BCUT2D eigenvalue weighted by molar-refractivity contribution is 6.07. The monoisotopic (exact) mass is 391 g/mol. The van der Waals surface area contributed by atoms with Crippen LogP contribution in [-0.2, 0) is 14.3 Å². The Bertz CT molecular complexity index is 1100. The molecule has 1 fully saturated rings. The average molecular weight is 391 g/mol. The highest BCUT2D eigenvalue weighted by Gasteiger charge is 2.39. The molecule has 0 aliphatic carbocycles. The number of hydrogen-bond donors (Lipinski definition) is 0.